The lowest BCUT2D eigenvalue weighted by Gasteiger charge is -2.18. The molecule has 5 nitrogen and oxygen atoms in total. The van der Waals surface area contributed by atoms with Crippen LogP contribution in [0.5, 0.6) is 0 Å². The van der Waals surface area contributed by atoms with Gasteiger partial charge in [-0.2, -0.15) is 0 Å². The molecule has 1 aromatic heterocycles. The summed E-state index contributed by atoms with van der Waals surface area (Å²) in [7, 11) is 0. The van der Waals surface area contributed by atoms with Crippen molar-refractivity contribution in [3.05, 3.63) is 102 Å². The van der Waals surface area contributed by atoms with Crippen molar-refractivity contribution in [2.45, 2.75) is 25.9 Å². The minimum Gasteiger partial charge on any atom is -0.436 e. The number of carbonyl (C=O) groups is 1. The third-order valence-electron chi connectivity index (χ3n) is 6.12. The third-order valence-corrected chi connectivity index (χ3v) is 6.12. The van der Waals surface area contributed by atoms with E-state index in [-0.39, 0.29) is 5.91 Å². The summed E-state index contributed by atoms with van der Waals surface area (Å²) >= 11 is 0. The molecule has 0 aliphatic carbocycles. The number of nitrogens with one attached hydrogen (secondary N) is 1. The molecule has 0 bridgehead atoms. The number of hydrogen-bond acceptors (Lipinski definition) is 4. The van der Waals surface area contributed by atoms with Gasteiger partial charge >= 0.3 is 0 Å². The molecular formula is C28H27N3O2. The van der Waals surface area contributed by atoms with Gasteiger partial charge in [-0.15, -0.1) is 0 Å². The summed E-state index contributed by atoms with van der Waals surface area (Å²) in [4.78, 5) is 20.1. The van der Waals surface area contributed by atoms with Gasteiger partial charge in [-0.3, -0.25) is 9.69 Å². The van der Waals surface area contributed by atoms with Crippen molar-refractivity contribution in [1.29, 1.82) is 0 Å². The standard InChI is InChI=1S/C28H27N3O2/c32-27(29-18-22-12-4-5-13-23(22)20-31-16-8-9-17-31)24-14-6-7-15-25(24)28-30-19-26(33-28)21-10-2-1-3-11-21/h1-7,10-15,19H,8-9,16-18,20H2,(H,29,32). The molecule has 0 saturated carbocycles. The summed E-state index contributed by atoms with van der Waals surface area (Å²) < 4.78 is 6.01. The second-order valence-corrected chi connectivity index (χ2v) is 8.38. The molecule has 1 saturated heterocycles. The number of rotatable bonds is 7. The molecule has 1 amide bonds. The molecule has 0 radical (unpaired) electrons. The Hall–Kier alpha value is -3.70. The molecule has 1 aliphatic rings. The van der Waals surface area contributed by atoms with Gasteiger partial charge in [0.25, 0.3) is 5.91 Å². The second kappa shape index (κ2) is 9.84. The van der Waals surface area contributed by atoms with Gasteiger partial charge in [0, 0.05) is 24.2 Å². The van der Waals surface area contributed by atoms with Crippen LogP contribution in [0.3, 0.4) is 0 Å². The van der Waals surface area contributed by atoms with Gasteiger partial charge in [0.15, 0.2) is 5.76 Å². The highest BCUT2D eigenvalue weighted by molar-refractivity contribution is 6.00. The van der Waals surface area contributed by atoms with Crippen molar-refractivity contribution in [2.24, 2.45) is 0 Å². The maximum atomic E-state index is 13.2. The van der Waals surface area contributed by atoms with Crippen LogP contribution in [0.25, 0.3) is 22.8 Å². The van der Waals surface area contributed by atoms with Gasteiger partial charge in [-0.05, 0) is 49.2 Å². The van der Waals surface area contributed by atoms with Gasteiger partial charge in [0.2, 0.25) is 5.89 Å². The van der Waals surface area contributed by atoms with Crippen LogP contribution in [-0.2, 0) is 13.1 Å². The summed E-state index contributed by atoms with van der Waals surface area (Å²) in [5, 5.41) is 3.10. The zero-order chi connectivity index (χ0) is 22.5. The number of oxazole rings is 1. The summed E-state index contributed by atoms with van der Waals surface area (Å²) in [6.07, 6.45) is 4.24. The third kappa shape index (κ3) is 4.89. The van der Waals surface area contributed by atoms with Gasteiger partial charge in [-0.1, -0.05) is 66.7 Å². The first kappa shape index (κ1) is 21.2. The molecule has 33 heavy (non-hydrogen) atoms. The lowest BCUT2D eigenvalue weighted by molar-refractivity contribution is 0.0951. The zero-order valence-electron chi connectivity index (χ0n) is 18.5. The fraction of sp³-hybridized carbons (Fsp3) is 0.214. The summed E-state index contributed by atoms with van der Waals surface area (Å²) in [6.45, 7) is 3.71. The average molecular weight is 438 g/mol. The van der Waals surface area contributed by atoms with E-state index in [2.05, 4.69) is 33.4 Å². The number of carbonyl (C=O) groups excluding carboxylic acids is 1. The molecule has 166 valence electrons. The first-order valence-corrected chi connectivity index (χ1v) is 11.5. The maximum absolute atomic E-state index is 13.2. The van der Waals surface area contributed by atoms with Crippen LogP contribution in [0.4, 0.5) is 0 Å². The van der Waals surface area contributed by atoms with Crippen LogP contribution >= 0.6 is 0 Å². The molecule has 1 aliphatic heterocycles. The molecule has 0 atom stereocenters. The normalized spacial score (nSPS) is 13.8. The summed E-state index contributed by atoms with van der Waals surface area (Å²) in [6, 6.07) is 25.6. The van der Waals surface area contributed by atoms with Crippen molar-refractivity contribution in [1.82, 2.24) is 15.2 Å². The highest BCUT2D eigenvalue weighted by atomic mass is 16.4. The Labute approximate surface area is 194 Å². The molecule has 5 rings (SSSR count). The van der Waals surface area contributed by atoms with Crippen LogP contribution in [0.15, 0.2) is 89.5 Å². The summed E-state index contributed by atoms with van der Waals surface area (Å²) in [5.74, 6) is 0.978. The van der Waals surface area contributed by atoms with E-state index in [0.29, 0.717) is 29.3 Å². The van der Waals surface area contributed by atoms with E-state index < -0.39 is 0 Å². The van der Waals surface area contributed by atoms with Crippen molar-refractivity contribution < 1.29 is 9.21 Å². The van der Waals surface area contributed by atoms with Gasteiger partial charge < -0.3 is 9.73 Å². The van der Waals surface area contributed by atoms with Crippen LogP contribution < -0.4 is 5.32 Å². The van der Waals surface area contributed by atoms with Crippen LogP contribution in [-0.4, -0.2) is 28.9 Å². The molecule has 1 N–H and O–H groups in total. The number of hydrogen-bond donors (Lipinski definition) is 1. The Morgan fingerprint density at radius 1 is 0.879 bits per heavy atom. The molecule has 4 aromatic rings. The SMILES string of the molecule is O=C(NCc1ccccc1CN1CCCC1)c1ccccc1-c1ncc(-c2ccccc2)o1. The van der Waals surface area contributed by atoms with Crippen molar-refractivity contribution in [2.75, 3.05) is 13.1 Å². The minimum absolute atomic E-state index is 0.138. The van der Waals surface area contributed by atoms with E-state index in [1.165, 1.54) is 18.4 Å². The molecular weight excluding hydrogens is 410 g/mol. The zero-order valence-corrected chi connectivity index (χ0v) is 18.5. The largest absolute Gasteiger partial charge is 0.436 e. The van der Waals surface area contributed by atoms with Crippen LogP contribution in [0, 0.1) is 0 Å². The Balaban J connectivity index is 1.33. The predicted molar refractivity (Wildman–Crippen MR) is 129 cm³/mol. The quantitative estimate of drug-likeness (QED) is 0.413. The van der Waals surface area contributed by atoms with Crippen LogP contribution in [0.2, 0.25) is 0 Å². The number of nitrogens with zero attached hydrogens (tertiary/aromatic N) is 2. The monoisotopic (exact) mass is 437 g/mol. The second-order valence-electron chi connectivity index (χ2n) is 8.38. The van der Waals surface area contributed by atoms with Gasteiger partial charge in [0.1, 0.15) is 0 Å². The highest BCUT2D eigenvalue weighted by Gasteiger charge is 2.18. The Morgan fingerprint density at radius 2 is 1.58 bits per heavy atom. The van der Waals surface area contributed by atoms with E-state index in [1.54, 1.807) is 6.20 Å². The molecule has 2 heterocycles. The number of benzene rings is 3. The van der Waals surface area contributed by atoms with E-state index in [0.717, 1.165) is 30.8 Å². The smallest absolute Gasteiger partial charge is 0.252 e. The predicted octanol–water partition coefficient (Wildman–Crippen LogP) is 5.53. The minimum atomic E-state index is -0.138. The molecule has 3 aromatic carbocycles. The number of aromatic nitrogens is 1. The Morgan fingerprint density at radius 3 is 2.39 bits per heavy atom. The first-order valence-electron chi connectivity index (χ1n) is 11.5. The van der Waals surface area contributed by atoms with E-state index >= 15 is 0 Å². The van der Waals surface area contributed by atoms with E-state index in [9.17, 15) is 4.79 Å². The number of likely N-dealkylation sites (tertiary alicyclic amines) is 1. The fourth-order valence-corrected chi connectivity index (χ4v) is 4.34. The van der Waals surface area contributed by atoms with Crippen molar-refractivity contribution in [3.8, 4) is 22.8 Å². The Kier molecular flexibility index (Phi) is 6.31. The molecule has 5 heteroatoms. The molecule has 0 spiro atoms. The maximum Gasteiger partial charge on any atom is 0.252 e. The van der Waals surface area contributed by atoms with Gasteiger partial charge in [-0.25, -0.2) is 4.98 Å². The van der Waals surface area contributed by atoms with Crippen molar-refractivity contribution >= 4 is 5.91 Å². The first-order chi connectivity index (χ1) is 16.3. The van der Waals surface area contributed by atoms with E-state index in [4.69, 9.17) is 4.42 Å². The fourth-order valence-electron chi connectivity index (χ4n) is 4.34. The van der Waals surface area contributed by atoms with Gasteiger partial charge in [0.05, 0.1) is 11.8 Å². The van der Waals surface area contributed by atoms with E-state index in [1.807, 2.05) is 60.7 Å². The lowest BCUT2D eigenvalue weighted by atomic mass is 10.1. The molecule has 1 fully saturated rings. The molecule has 0 unspecified atom stereocenters. The Bertz CT molecular complexity index is 1230. The topological polar surface area (TPSA) is 58.4 Å². The highest BCUT2D eigenvalue weighted by Crippen LogP contribution is 2.28. The lowest BCUT2D eigenvalue weighted by Crippen LogP contribution is -2.25. The number of amides is 1. The van der Waals surface area contributed by atoms with Crippen molar-refractivity contribution in [3.63, 3.8) is 0 Å². The average Bonchev–Trinajstić information content (AvgIpc) is 3.56. The van der Waals surface area contributed by atoms with Crippen LogP contribution in [0.1, 0.15) is 34.3 Å². The summed E-state index contributed by atoms with van der Waals surface area (Å²) in [5.41, 5.74) is 4.61.